The van der Waals surface area contributed by atoms with Gasteiger partial charge in [0.15, 0.2) is 0 Å². The van der Waals surface area contributed by atoms with E-state index in [0.29, 0.717) is 30.2 Å². The first-order chi connectivity index (χ1) is 17.8. The number of aromatic nitrogens is 2. The molecule has 1 saturated carbocycles. The van der Waals surface area contributed by atoms with Crippen molar-refractivity contribution < 1.29 is 38.4 Å². The Kier molecular flexibility index (Phi) is 8.27. The van der Waals surface area contributed by atoms with Crippen LogP contribution in [0.15, 0.2) is 42.5 Å². The highest BCUT2D eigenvalue weighted by atomic mass is 16.8. The first-order valence-corrected chi connectivity index (χ1v) is 12.4. The molecule has 4 rings (SSSR count). The highest BCUT2D eigenvalue weighted by molar-refractivity contribution is 5.92. The third kappa shape index (κ3) is 6.58. The quantitative estimate of drug-likeness (QED) is 0.306. The Morgan fingerprint density at radius 2 is 1.73 bits per heavy atom. The normalized spacial score (nSPS) is 14.6. The second kappa shape index (κ2) is 11.8. The monoisotopic (exact) mass is 510 g/mol. The van der Waals surface area contributed by atoms with Crippen LogP contribution in [0.1, 0.15) is 72.2 Å². The molecule has 1 N–H and O–H groups in total. The molecule has 0 spiro atoms. The SMILES string of the molecule is CCOc1nc2ccc(C(=O)O)cc2n1Cc1ccc(C(=O)OC(C)OC(=O)OC2CCCCC2)cc1. The molecule has 1 unspecified atom stereocenters. The van der Waals surface area contributed by atoms with E-state index < -0.39 is 24.4 Å². The van der Waals surface area contributed by atoms with Gasteiger partial charge in [-0.3, -0.25) is 4.57 Å². The Morgan fingerprint density at radius 1 is 1.03 bits per heavy atom. The number of benzene rings is 2. The largest absolute Gasteiger partial charge is 0.511 e. The van der Waals surface area contributed by atoms with Crippen molar-refractivity contribution in [2.75, 3.05) is 6.61 Å². The number of nitrogens with zero attached hydrogens (tertiary/aromatic N) is 2. The van der Waals surface area contributed by atoms with Gasteiger partial charge >= 0.3 is 18.1 Å². The van der Waals surface area contributed by atoms with Crippen LogP contribution in [-0.4, -0.2) is 51.8 Å². The Labute approximate surface area is 214 Å². The molecule has 0 saturated heterocycles. The lowest BCUT2D eigenvalue weighted by atomic mass is 9.98. The topological polar surface area (TPSA) is 126 Å². The summed E-state index contributed by atoms with van der Waals surface area (Å²) in [5, 5.41) is 9.36. The van der Waals surface area contributed by atoms with Gasteiger partial charge in [0, 0.05) is 6.92 Å². The van der Waals surface area contributed by atoms with Gasteiger partial charge in [0.2, 0.25) is 6.29 Å². The third-order valence-corrected chi connectivity index (χ3v) is 6.11. The van der Waals surface area contributed by atoms with Crippen molar-refractivity contribution in [3.8, 4) is 6.01 Å². The van der Waals surface area contributed by atoms with Crippen molar-refractivity contribution in [1.82, 2.24) is 9.55 Å². The number of carboxylic acid groups (broad SMARTS) is 1. The molecule has 196 valence electrons. The minimum atomic E-state index is -1.10. The van der Waals surface area contributed by atoms with Gasteiger partial charge in [0.05, 0.1) is 35.3 Å². The molecule has 10 nitrogen and oxygen atoms in total. The molecule has 1 aliphatic rings. The number of imidazole rings is 1. The highest BCUT2D eigenvalue weighted by Gasteiger charge is 2.22. The summed E-state index contributed by atoms with van der Waals surface area (Å²) in [6, 6.07) is 11.8. The van der Waals surface area contributed by atoms with Gasteiger partial charge in [-0.2, -0.15) is 4.98 Å². The molecule has 0 amide bonds. The van der Waals surface area contributed by atoms with E-state index in [2.05, 4.69) is 4.98 Å². The fourth-order valence-electron chi connectivity index (χ4n) is 4.28. The first-order valence-electron chi connectivity index (χ1n) is 12.4. The van der Waals surface area contributed by atoms with Crippen molar-refractivity contribution >= 4 is 29.1 Å². The van der Waals surface area contributed by atoms with E-state index in [1.54, 1.807) is 41.0 Å². The summed E-state index contributed by atoms with van der Waals surface area (Å²) in [5.74, 6) is -1.67. The molecule has 10 heteroatoms. The molecule has 1 atom stereocenters. The van der Waals surface area contributed by atoms with Gasteiger partial charge in [-0.1, -0.05) is 18.6 Å². The van der Waals surface area contributed by atoms with Crippen molar-refractivity contribution in [2.45, 2.75) is 64.9 Å². The summed E-state index contributed by atoms with van der Waals surface area (Å²) in [4.78, 5) is 40.4. The first kappa shape index (κ1) is 26.0. The van der Waals surface area contributed by atoms with Gasteiger partial charge in [-0.25, -0.2) is 14.4 Å². The van der Waals surface area contributed by atoms with Crippen LogP contribution in [0.5, 0.6) is 6.01 Å². The maximum atomic E-state index is 12.5. The molecule has 0 radical (unpaired) electrons. The number of ether oxygens (including phenoxy) is 4. The fraction of sp³-hybridized carbons (Fsp3) is 0.407. The molecule has 37 heavy (non-hydrogen) atoms. The molecule has 1 heterocycles. The summed E-state index contributed by atoms with van der Waals surface area (Å²) >= 11 is 0. The van der Waals surface area contributed by atoms with Crippen LogP contribution in [0.25, 0.3) is 11.0 Å². The van der Waals surface area contributed by atoms with Crippen molar-refractivity contribution in [1.29, 1.82) is 0 Å². The number of esters is 1. The van der Waals surface area contributed by atoms with Crippen LogP contribution in [0.2, 0.25) is 0 Å². The van der Waals surface area contributed by atoms with E-state index in [0.717, 1.165) is 37.7 Å². The molecule has 0 bridgehead atoms. The molecule has 2 aromatic carbocycles. The second-order valence-corrected chi connectivity index (χ2v) is 8.84. The Balaban J connectivity index is 1.39. The maximum absolute atomic E-state index is 12.5. The summed E-state index contributed by atoms with van der Waals surface area (Å²) in [6.45, 7) is 4.04. The Bertz CT molecular complexity index is 1260. The average Bonchev–Trinajstić information content (AvgIpc) is 3.21. The fourth-order valence-corrected chi connectivity index (χ4v) is 4.28. The van der Waals surface area contributed by atoms with Crippen LogP contribution in [0.3, 0.4) is 0 Å². The third-order valence-electron chi connectivity index (χ3n) is 6.11. The number of rotatable bonds is 9. The summed E-state index contributed by atoms with van der Waals surface area (Å²) in [6.07, 6.45) is 2.72. The molecular formula is C27H30N2O8. The number of carbonyl (C=O) groups excluding carboxylic acids is 2. The van der Waals surface area contributed by atoms with E-state index in [1.807, 2.05) is 6.92 Å². The molecule has 0 aliphatic heterocycles. The zero-order chi connectivity index (χ0) is 26.4. The van der Waals surface area contributed by atoms with E-state index in [1.165, 1.54) is 13.0 Å². The Hall–Kier alpha value is -4.08. The van der Waals surface area contributed by atoms with Crippen LogP contribution in [0, 0.1) is 0 Å². The van der Waals surface area contributed by atoms with Gasteiger partial charge in [0.1, 0.15) is 6.10 Å². The summed E-state index contributed by atoms with van der Waals surface area (Å²) in [5.41, 5.74) is 2.50. The van der Waals surface area contributed by atoms with Gasteiger partial charge < -0.3 is 24.1 Å². The van der Waals surface area contributed by atoms with Crippen molar-refractivity contribution in [2.24, 2.45) is 0 Å². The van der Waals surface area contributed by atoms with Crippen LogP contribution < -0.4 is 4.74 Å². The average molecular weight is 511 g/mol. The van der Waals surface area contributed by atoms with E-state index in [-0.39, 0.29) is 17.2 Å². The predicted octanol–water partition coefficient (Wildman–Crippen LogP) is 5.17. The standard InChI is InChI=1S/C27H30N2O8/c1-3-34-26-28-22-14-13-20(24(30)31)15-23(22)29(26)16-18-9-11-19(12-10-18)25(32)35-17(2)36-27(33)37-21-7-5-4-6-8-21/h9-15,17,21H,3-8,16H2,1-2H3,(H,30,31). The number of carbonyl (C=O) groups is 3. The van der Waals surface area contributed by atoms with Gasteiger partial charge in [-0.15, -0.1) is 0 Å². The minimum absolute atomic E-state index is 0.147. The number of aromatic carboxylic acids is 1. The number of fused-ring (bicyclic) bond motifs is 1. The van der Waals surface area contributed by atoms with Crippen LogP contribution >= 0.6 is 0 Å². The number of carboxylic acids is 1. The molecule has 1 aliphatic carbocycles. The lowest BCUT2D eigenvalue weighted by Gasteiger charge is -2.22. The summed E-state index contributed by atoms with van der Waals surface area (Å²) in [7, 11) is 0. The zero-order valence-corrected chi connectivity index (χ0v) is 20.8. The van der Waals surface area contributed by atoms with Gasteiger partial charge in [0.25, 0.3) is 6.01 Å². The van der Waals surface area contributed by atoms with Crippen LogP contribution in [-0.2, 0) is 20.8 Å². The molecular weight excluding hydrogens is 480 g/mol. The zero-order valence-electron chi connectivity index (χ0n) is 20.8. The lowest BCUT2D eigenvalue weighted by molar-refractivity contribution is -0.0915. The minimum Gasteiger partial charge on any atom is -0.478 e. The van der Waals surface area contributed by atoms with E-state index in [9.17, 15) is 19.5 Å². The van der Waals surface area contributed by atoms with E-state index in [4.69, 9.17) is 18.9 Å². The van der Waals surface area contributed by atoms with Gasteiger partial charge in [-0.05, 0) is 68.5 Å². The Morgan fingerprint density at radius 3 is 2.41 bits per heavy atom. The van der Waals surface area contributed by atoms with Crippen molar-refractivity contribution in [3.05, 3.63) is 59.2 Å². The van der Waals surface area contributed by atoms with Crippen LogP contribution in [0.4, 0.5) is 4.79 Å². The molecule has 1 aromatic heterocycles. The molecule has 1 fully saturated rings. The molecule has 3 aromatic rings. The number of hydrogen-bond acceptors (Lipinski definition) is 8. The van der Waals surface area contributed by atoms with Crippen molar-refractivity contribution in [3.63, 3.8) is 0 Å². The van der Waals surface area contributed by atoms with E-state index >= 15 is 0 Å². The highest BCUT2D eigenvalue weighted by Crippen LogP contribution is 2.25. The smallest absolute Gasteiger partial charge is 0.478 e. The number of hydrogen-bond donors (Lipinski definition) is 1. The second-order valence-electron chi connectivity index (χ2n) is 8.84. The summed E-state index contributed by atoms with van der Waals surface area (Å²) < 4.78 is 23.0. The predicted molar refractivity (Wildman–Crippen MR) is 133 cm³/mol. The lowest BCUT2D eigenvalue weighted by Crippen LogP contribution is -2.26. The maximum Gasteiger partial charge on any atom is 0.511 e.